The number of carbonyl (C=O) groups is 1. The minimum Gasteiger partial charge on any atom is -0.324 e. The molecular weight excluding hydrogens is 290 g/mol. The van der Waals surface area contributed by atoms with E-state index in [1.54, 1.807) is 6.20 Å². The highest BCUT2D eigenvalue weighted by molar-refractivity contribution is 5.88. The van der Waals surface area contributed by atoms with Gasteiger partial charge in [0.25, 0.3) is 0 Å². The number of anilines is 1. The number of hydrogen-bond acceptors (Lipinski definition) is 3. The first-order valence-electron chi connectivity index (χ1n) is 8.70. The first-order chi connectivity index (χ1) is 10.9. The normalized spacial score (nSPS) is 22.3. The highest BCUT2D eigenvalue weighted by Crippen LogP contribution is 2.22. The van der Waals surface area contributed by atoms with Gasteiger partial charge in [-0.15, -0.1) is 0 Å². The van der Waals surface area contributed by atoms with E-state index in [1.807, 2.05) is 22.7 Å². The molecule has 6 nitrogen and oxygen atoms in total. The predicted molar refractivity (Wildman–Crippen MR) is 93.5 cm³/mol. The maximum Gasteiger partial charge on any atom is 0.323 e. The number of rotatable bonds is 5. The Morgan fingerprint density at radius 1 is 1.52 bits per heavy atom. The van der Waals surface area contributed by atoms with Crippen molar-refractivity contribution in [2.45, 2.75) is 46.7 Å². The topological polar surface area (TPSA) is 53.4 Å². The molecule has 0 aliphatic carbocycles. The number of urea groups is 1. The van der Waals surface area contributed by atoms with Crippen molar-refractivity contribution in [2.24, 2.45) is 11.8 Å². The Kier molecular flexibility index (Phi) is 6.04. The molecule has 1 aliphatic rings. The van der Waals surface area contributed by atoms with Gasteiger partial charge < -0.3 is 9.80 Å². The Bertz CT molecular complexity index is 513. The van der Waals surface area contributed by atoms with Gasteiger partial charge in [-0.2, -0.15) is 5.10 Å². The largest absolute Gasteiger partial charge is 0.324 e. The highest BCUT2D eigenvalue weighted by atomic mass is 16.2. The lowest BCUT2D eigenvalue weighted by atomic mass is 9.93. The van der Waals surface area contributed by atoms with Crippen LogP contribution >= 0.6 is 0 Å². The molecule has 2 amide bonds. The van der Waals surface area contributed by atoms with E-state index in [0.717, 1.165) is 38.4 Å². The summed E-state index contributed by atoms with van der Waals surface area (Å²) in [6.07, 6.45) is 2.77. The van der Waals surface area contributed by atoms with E-state index in [-0.39, 0.29) is 6.03 Å². The average molecular weight is 321 g/mol. The molecule has 2 rings (SSSR count). The summed E-state index contributed by atoms with van der Waals surface area (Å²) in [5.41, 5.74) is 0. The van der Waals surface area contributed by atoms with E-state index in [1.165, 1.54) is 0 Å². The third-order valence-corrected chi connectivity index (χ3v) is 4.70. The number of amides is 2. The molecular formula is C17H31N5O. The van der Waals surface area contributed by atoms with Crippen molar-refractivity contribution in [1.82, 2.24) is 19.6 Å². The summed E-state index contributed by atoms with van der Waals surface area (Å²) < 4.78 is 1.86. The molecule has 130 valence electrons. The van der Waals surface area contributed by atoms with Crippen molar-refractivity contribution in [3.05, 3.63) is 12.3 Å². The molecule has 0 bridgehead atoms. The van der Waals surface area contributed by atoms with E-state index < -0.39 is 0 Å². The lowest BCUT2D eigenvalue weighted by Crippen LogP contribution is -2.51. The molecule has 0 radical (unpaired) electrons. The van der Waals surface area contributed by atoms with Crippen LogP contribution in [0.1, 0.15) is 34.1 Å². The van der Waals surface area contributed by atoms with Gasteiger partial charge in [-0.25, -0.2) is 9.48 Å². The van der Waals surface area contributed by atoms with Crippen molar-refractivity contribution >= 4 is 11.8 Å². The molecule has 1 saturated heterocycles. The van der Waals surface area contributed by atoms with Crippen LogP contribution in [0.4, 0.5) is 10.6 Å². The molecule has 1 aromatic rings. The van der Waals surface area contributed by atoms with Gasteiger partial charge in [-0.1, -0.05) is 27.7 Å². The van der Waals surface area contributed by atoms with Crippen molar-refractivity contribution in [3.63, 3.8) is 0 Å². The Balaban J connectivity index is 1.96. The zero-order valence-electron chi connectivity index (χ0n) is 15.1. The second kappa shape index (κ2) is 7.81. The van der Waals surface area contributed by atoms with Crippen LogP contribution in [-0.2, 0) is 6.54 Å². The fourth-order valence-corrected chi connectivity index (χ4v) is 3.36. The summed E-state index contributed by atoms with van der Waals surface area (Å²) >= 11 is 0. The second-order valence-corrected chi connectivity index (χ2v) is 7.06. The Hall–Kier alpha value is -1.56. The molecule has 0 spiro atoms. The molecule has 1 fully saturated rings. The van der Waals surface area contributed by atoms with Crippen LogP contribution in [0.2, 0.25) is 0 Å². The van der Waals surface area contributed by atoms with Crippen LogP contribution in [-0.4, -0.2) is 58.3 Å². The van der Waals surface area contributed by atoms with Gasteiger partial charge in [0.05, 0.1) is 6.20 Å². The van der Waals surface area contributed by atoms with E-state index in [4.69, 9.17) is 0 Å². The molecule has 2 heterocycles. The minimum atomic E-state index is -0.0442. The first-order valence-corrected chi connectivity index (χ1v) is 8.70. The van der Waals surface area contributed by atoms with E-state index >= 15 is 0 Å². The quantitative estimate of drug-likeness (QED) is 0.907. The Morgan fingerprint density at radius 3 is 2.87 bits per heavy atom. The van der Waals surface area contributed by atoms with Crippen molar-refractivity contribution < 1.29 is 4.79 Å². The summed E-state index contributed by atoms with van der Waals surface area (Å²) in [6, 6.07) is 2.11. The van der Waals surface area contributed by atoms with E-state index in [2.05, 4.69) is 43.0 Å². The molecule has 1 aliphatic heterocycles. The van der Waals surface area contributed by atoms with Crippen molar-refractivity contribution in [2.75, 3.05) is 32.0 Å². The number of piperidine rings is 1. The SMILES string of the molecule is CCN1CC[C@H](N(C)C(=O)Nc2ccnn2CC(C)C)[C@H](C)C1. The van der Waals surface area contributed by atoms with Gasteiger partial charge in [-0.05, 0) is 24.8 Å². The van der Waals surface area contributed by atoms with Crippen molar-refractivity contribution in [3.8, 4) is 0 Å². The van der Waals surface area contributed by atoms with Crippen LogP contribution in [0.5, 0.6) is 0 Å². The average Bonchev–Trinajstić information content (AvgIpc) is 2.92. The molecule has 0 aromatic carbocycles. The minimum absolute atomic E-state index is 0.0442. The molecule has 0 unspecified atom stereocenters. The number of hydrogen-bond donors (Lipinski definition) is 1. The first kappa shape index (κ1) is 17.8. The molecule has 0 saturated carbocycles. The van der Waals surface area contributed by atoms with Crippen LogP contribution in [0.25, 0.3) is 0 Å². The zero-order chi connectivity index (χ0) is 17.0. The molecule has 1 aromatic heterocycles. The summed E-state index contributed by atoms with van der Waals surface area (Å²) in [5, 5.41) is 7.31. The van der Waals surface area contributed by atoms with Crippen molar-refractivity contribution in [1.29, 1.82) is 0 Å². The summed E-state index contributed by atoms with van der Waals surface area (Å²) in [4.78, 5) is 16.9. The summed E-state index contributed by atoms with van der Waals surface area (Å²) in [6.45, 7) is 12.7. The van der Waals surface area contributed by atoms with Crippen LogP contribution in [0.15, 0.2) is 12.3 Å². The van der Waals surface area contributed by atoms with Crippen LogP contribution in [0, 0.1) is 11.8 Å². The lowest BCUT2D eigenvalue weighted by molar-refractivity contribution is 0.101. The van der Waals surface area contributed by atoms with Gasteiger partial charge in [0, 0.05) is 38.8 Å². The molecule has 2 atom stereocenters. The monoisotopic (exact) mass is 321 g/mol. The maximum atomic E-state index is 12.6. The van der Waals surface area contributed by atoms with Gasteiger partial charge in [0.15, 0.2) is 0 Å². The van der Waals surface area contributed by atoms with Gasteiger partial charge in [-0.3, -0.25) is 5.32 Å². The van der Waals surface area contributed by atoms with E-state index in [9.17, 15) is 4.79 Å². The maximum absolute atomic E-state index is 12.6. The number of carbonyl (C=O) groups excluding carboxylic acids is 1. The molecule has 23 heavy (non-hydrogen) atoms. The predicted octanol–water partition coefficient (Wildman–Crippen LogP) is 2.73. The fourth-order valence-electron chi connectivity index (χ4n) is 3.36. The second-order valence-electron chi connectivity index (χ2n) is 7.06. The Morgan fingerprint density at radius 2 is 2.26 bits per heavy atom. The van der Waals surface area contributed by atoms with Crippen LogP contribution in [0.3, 0.4) is 0 Å². The smallest absolute Gasteiger partial charge is 0.323 e. The number of nitrogens with one attached hydrogen (secondary N) is 1. The molecule has 1 N–H and O–H groups in total. The third-order valence-electron chi connectivity index (χ3n) is 4.70. The highest BCUT2D eigenvalue weighted by Gasteiger charge is 2.30. The summed E-state index contributed by atoms with van der Waals surface area (Å²) in [5.74, 6) is 1.75. The standard InChI is InChI=1S/C17H31N5O/c1-6-21-10-8-15(14(4)12-21)20(5)17(23)19-16-7-9-18-22(16)11-13(2)3/h7,9,13-15H,6,8,10-12H2,1-5H3,(H,19,23)/t14-,15+/m1/s1. The Labute approximate surface area is 139 Å². The molecule has 6 heteroatoms. The van der Waals surface area contributed by atoms with E-state index in [0.29, 0.717) is 17.9 Å². The zero-order valence-corrected chi connectivity index (χ0v) is 15.1. The van der Waals surface area contributed by atoms with Gasteiger partial charge >= 0.3 is 6.03 Å². The fraction of sp³-hybridized carbons (Fsp3) is 0.765. The lowest BCUT2D eigenvalue weighted by Gasteiger charge is -2.40. The number of likely N-dealkylation sites (tertiary alicyclic amines) is 1. The number of nitrogens with zero attached hydrogens (tertiary/aromatic N) is 4. The number of aromatic nitrogens is 2. The van der Waals surface area contributed by atoms with Crippen LogP contribution < -0.4 is 5.32 Å². The third kappa shape index (κ3) is 4.47. The summed E-state index contributed by atoms with van der Waals surface area (Å²) in [7, 11) is 1.90. The van der Waals surface area contributed by atoms with Gasteiger partial charge in [0.1, 0.15) is 5.82 Å². The van der Waals surface area contributed by atoms with Gasteiger partial charge in [0.2, 0.25) is 0 Å².